The minimum absolute atomic E-state index is 0.122. The second-order valence-corrected chi connectivity index (χ2v) is 6.71. The van der Waals surface area contributed by atoms with Crippen LogP contribution in [-0.2, 0) is 12.3 Å². The fourth-order valence-electron chi connectivity index (χ4n) is 2.93. The Bertz CT molecular complexity index is 762. The first kappa shape index (κ1) is 17.5. The first-order valence-corrected chi connectivity index (χ1v) is 8.59. The summed E-state index contributed by atoms with van der Waals surface area (Å²) in [6.45, 7) is 14.2. The minimum atomic E-state index is 0.122. The molecule has 122 valence electrons. The minimum Gasteiger partial charge on any atom is -0.302 e. The van der Waals surface area contributed by atoms with Gasteiger partial charge in [-0.1, -0.05) is 23.9 Å². The zero-order chi connectivity index (χ0) is 17.1. The van der Waals surface area contributed by atoms with E-state index in [2.05, 4.69) is 29.8 Å². The summed E-state index contributed by atoms with van der Waals surface area (Å²) < 4.78 is 2.04. The molecule has 0 fully saturated rings. The highest BCUT2D eigenvalue weighted by Crippen LogP contribution is 2.29. The third-order valence-electron chi connectivity index (χ3n) is 4.04. The van der Waals surface area contributed by atoms with Crippen molar-refractivity contribution in [1.82, 2.24) is 14.8 Å². The quantitative estimate of drug-likeness (QED) is 0.453. The van der Waals surface area contributed by atoms with E-state index >= 15 is 0 Å². The van der Waals surface area contributed by atoms with E-state index in [0.717, 1.165) is 33.4 Å². The molecule has 0 saturated heterocycles. The number of carbonyl (C=O) groups is 1. The summed E-state index contributed by atoms with van der Waals surface area (Å²) in [5.74, 6) is 1.78. The highest BCUT2D eigenvalue weighted by Gasteiger charge is 2.16. The largest absolute Gasteiger partial charge is 0.302 e. The van der Waals surface area contributed by atoms with E-state index in [1.165, 1.54) is 11.1 Å². The summed E-state index contributed by atoms with van der Waals surface area (Å²) >= 11 is 1.65. The van der Waals surface area contributed by atoms with Crippen LogP contribution in [0.1, 0.15) is 45.4 Å². The van der Waals surface area contributed by atoms with Gasteiger partial charge in [0, 0.05) is 17.9 Å². The second kappa shape index (κ2) is 7.13. The molecule has 4 nitrogen and oxygen atoms in total. The van der Waals surface area contributed by atoms with Crippen molar-refractivity contribution < 1.29 is 4.79 Å². The molecule has 1 heterocycles. The van der Waals surface area contributed by atoms with Crippen molar-refractivity contribution in [1.29, 1.82) is 0 Å². The lowest BCUT2D eigenvalue weighted by Gasteiger charge is -2.15. The lowest BCUT2D eigenvalue weighted by atomic mass is 9.92. The van der Waals surface area contributed by atoms with E-state index in [1.807, 2.05) is 31.4 Å². The maximum atomic E-state index is 11.9. The fourth-order valence-corrected chi connectivity index (χ4v) is 4.11. The number of hydrogen-bond donors (Lipinski definition) is 0. The van der Waals surface area contributed by atoms with Crippen molar-refractivity contribution >= 4 is 17.5 Å². The van der Waals surface area contributed by atoms with Crippen LogP contribution < -0.4 is 0 Å². The van der Waals surface area contributed by atoms with Crippen molar-refractivity contribution in [2.75, 3.05) is 0 Å². The molecule has 2 aromatic rings. The maximum absolute atomic E-state index is 11.9. The Labute approximate surface area is 142 Å². The zero-order valence-electron chi connectivity index (χ0n) is 14.4. The number of carbonyl (C=O) groups excluding carboxylic acids is 1. The predicted molar refractivity (Wildman–Crippen MR) is 95.2 cm³/mol. The molecule has 1 aromatic heterocycles. The summed E-state index contributed by atoms with van der Waals surface area (Å²) in [5, 5.41) is 9.27. The Hall–Kier alpha value is -1.88. The average Bonchev–Trinajstić information content (AvgIpc) is 2.79. The van der Waals surface area contributed by atoms with Gasteiger partial charge in [-0.15, -0.1) is 16.8 Å². The number of hydrogen-bond acceptors (Lipinski definition) is 4. The number of rotatable bonds is 6. The predicted octanol–water partition coefficient (Wildman–Crippen LogP) is 4.19. The molecule has 0 aliphatic heterocycles. The van der Waals surface area contributed by atoms with Crippen LogP contribution in [0.5, 0.6) is 0 Å². The SMILES string of the molecule is C=CCn1c(C)nnc1SCc1c(C)cc(C)c(C(C)=O)c1C. The molecule has 0 spiro atoms. The number of nitrogens with zero attached hydrogens (tertiary/aromatic N) is 3. The first-order chi connectivity index (χ1) is 10.9. The molecule has 23 heavy (non-hydrogen) atoms. The van der Waals surface area contributed by atoms with Gasteiger partial charge in [0.2, 0.25) is 0 Å². The van der Waals surface area contributed by atoms with Gasteiger partial charge in [0.1, 0.15) is 5.82 Å². The molecular weight excluding hydrogens is 306 g/mol. The molecule has 0 saturated carbocycles. The lowest BCUT2D eigenvalue weighted by molar-refractivity contribution is 0.101. The van der Waals surface area contributed by atoms with Gasteiger partial charge in [0.05, 0.1) is 0 Å². The maximum Gasteiger partial charge on any atom is 0.191 e. The van der Waals surface area contributed by atoms with Crippen molar-refractivity contribution in [3.05, 3.63) is 52.4 Å². The highest BCUT2D eigenvalue weighted by molar-refractivity contribution is 7.98. The standard InChI is InChI=1S/C18H23N3OS/c1-7-8-21-15(6)19-20-18(21)23-10-16-11(2)9-12(3)17(13(16)4)14(5)22/h7,9H,1,8,10H2,2-6H3. The van der Waals surface area contributed by atoms with Gasteiger partial charge in [-0.05, 0) is 56.9 Å². The van der Waals surface area contributed by atoms with Crippen LogP contribution in [0.25, 0.3) is 0 Å². The number of thioether (sulfide) groups is 1. The number of ketones is 1. The summed E-state index contributed by atoms with van der Waals surface area (Å²) in [6, 6.07) is 2.10. The molecule has 0 aliphatic rings. The van der Waals surface area contributed by atoms with E-state index in [0.29, 0.717) is 6.54 Å². The van der Waals surface area contributed by atoms with Crippen LogP contribution in [-0.4, -0.2) is 20.5 Å². The number of aryl methyl sites for hydroxylation is 3. The monoisotopic (exact) mass is 329 g/mol. The molecule has 1 aromatic carbocycles. The summed E-state index contributed by atoms with van der Waals surface area (Å²) in [5.41, 5.74) is 5.39. The molecule has 0 bridgehead atoms. The lowest BCUT2D eigenvalue weighted by Crippen LogP contribution is -2.06. The zero-order valence-corrected chi connectivity index (χ0v) is 15.3. The normalized spacial score (nSPS) is 10.8. The van der Waals surface area contributed by atoms with Gasteiger partial charge in [-0.25, -0.2) is 0 Å². The summed E-state index contributed by atoms with van der Waals surface area (Å²) in [6.07, 6.45) is 1.84. The Morgan fingerprint density at radius 2 is 1.96 bits per heavy atom. The average molecular weight is 329 g/mol. The number of allylic oxidation sites excluding steroid dienone is 1. The van der Waals surface area contributed by atoms with Crippen LogP contribution in [0.3, 0.4) is 0 Å². The molecular formula is C18H23N3OS. The van der Waals surface area contributed by atoms with E-state index in [1.54, 1.807) is 18.7 Å². The molecule has 0 unspecified atom stereocenters. The Balaban J connectivity index is 2.33. The Kier molecular flexibility index (Phi) is 5.42. The smallest absolute Gasteiger partial charge is 0.191 e. The van der Waals surface area contributed by atoms with E-state index in [4.69, 9.17) is 0 Å². The van der Waals surface area contributed by atoms with Crippen molar-refractivity contribution in [3.8, 4) is 0 Å². The molecule has 0 atom stereocenters. The molecule has 5 heteroatoms. The van der Waals surface area contributed by atoms with Crippen molar-refractivity contribution in [2.45, 2.75) is 52.1 Å². The first-order valence-electron chi connectivity index (χ1n) is 7.60. The van der Waals surface area contributed by atoms with Gasteiger partial charge in [0.15, 0.2) is 10.9 Å². The third-order valence-corrected chi connectivity index (χ3v) is 5.04. The van der Waals surface area contributed by atoms with E-state index in [9.17, 15) is 4.79 Å². The molecule has 0 amide bonds. The van der Waals surface area contributed by atoms with Crippen LogP contribution in [0.4, 0.5) is 0 Å². The van der Waals surface area contributed by atoms with Gasteiger partial charge in [0.25, 0.3) is 0 Å². The molecule has 2 rings (SSSR count). The van der Waals surface area contributed by atoms with Crippen LogP contribution >= 0.6 is 11.8 Å². The third kappa shape index (κ3) is 3.55. The van der Waals surface area contributed by atoms with Crippen LogP contribution in [0.15, 0.2) is 23.9 Å². The number of benzene rings is 1. The Morgan fingerprint density at radius 1 is 1.26 bits per heavy atom. The molecule has 0 radical (unpaired) electrons. The van der Waals surface area contributed by atoms with E-state index in [-0.39, 0.29) is 5.78 Å². The number of Topliss-reactive ketones (excluding diaryl/α,β-unsaturated/α-hetero) is 1. The van der Waals surface area contributed by atoms with Gasteiger partial charge < -0.3 is 4.57 Å². The molecule has 0 N–H and O–H groups in total. The summed E-state index contributed by atoms with van der Waals surface area (Å²) in [7, 11) is 0. The van der Waals surface area contributed by atoms with Crippen molar-refractivity contribution in [3.63, 3.8) is 0 Å². The number of aromatic nitrogens is 3. The van der Waals surface area contributed by atoms with Crippen LogP contribution in [0.2, 0.25) is 0 Å². The van der Waals surface area contributed by atoms with Gasteiger partial charge in [-0.3, -0.25) is 4.79 Å². The summed E-state index contributed by atoms with van der Waals surface area (Å²) in [4.78, 5) is 11.9. The van der Waals surface area contributed by atoms with Gasteiger partial charge in [-0.2, -0.15) is 0 Å². The van der Waals surface area contributed by atoms with Crippen LogP contribution in [0, 0.1) is 27.7 Å². The van der Waals surface area contributed by atoms with Crippen molar-refractivity contribution in [2.24, 2.45) is 0 Å². The Morgan fingerprint density at radius 3 is 2.57 bits per heavy atom. The topological polar surface area (TPSA) is 47.8 Å². The van der Waals surface area contributed by atoms with E-state index < -0.39 is 0 Å². The molecule has 0 aliphatic carbocycles. The van der Waals surface area contributed by atoms with Gasteiger partial charge >= 0.3 is 0 Å². The highest BCUT2D eigenvalue weighted by atomic mass is 32.2. The second-order valence-electron chi connectivity index (χ2n) is 5.76. The fraction of sp³-hybridized carbons (Fsp3) is 0.389.